The standard InChI is InChI=1S/C10H16BrClN2O/c1-8(6-11)5-10-9(12)7-13-14(10)3-4-15-2/h7-8H,3-6H2,1-2H3. The van der Waals surface area contributed by atoms with Gasteiger partial charge in [-0.25, -0.2) is 0 Å². The minimum absolute atomic E-state index is 0.556. The Morgan fingerprint density at radius 3 is 3.00 bits per heavy atom. The second kappa shape index (κ2) is 6.51. The number of methoxy groups -OCH3 is 1. The Labute approximate surface area is 104 Å². The predicted octanol–water partition coefficient (Wildman–Crippen LogP) is 2.76. The summed E-state index contributed by atoms with van der Waals surface area (Å²) < 4.78 is 6.95. The van der Waals surface area contributed by atoms with Crippen molar-refractivity contribution in [1.29, 1.82) is 0 Å². The average Bonchev–Trinajstić information content (AvgIpc) is 2.57. The van der Waals surface area contributed by atoms with Crippen LogP contribution in [0.2, 0.25) is 5.02 Å². The van der Waals surface area contributed by atoms with Gasteiger partial charge in [0.15, 0.2) is 0 Å². The maximum Gasteiger partial charge on any atom is 0.0817 e. The summed E-state index contributed by atoms with van der Waals surface area (Å²) >= 11 is 9.55. The molecule has 0 saturated carbocycles. The van der Waals surface area contributed by atoms with Crippen LogP contribution in [0.5, 0.6) is 0 Å². The SMILES string of the molecule is COCCn1ncc(Cl)c1CC(C)CBr. The van der Waals surface area contributed by atoms with E-state index in [1.54, 1.807) is 13.3 Å². The van der Waals surface area contributed by atoms with Crippen LogP contribution < -0.4 is 0 Å². The second-order valence-electron chi connectivity index (χ2n) is 3.62. The lowest BCUT2D eigenvalue weighted by Crippen LogP contribution is -2.12. The van der Waals surface area contributed by atoms with Crippen LogP contribution in [-0.4, -0.2) is 28.8 Å². The number of nitrogens with zero attached hydrogens (tertiary/aromatic N) is 2. The molecule has 0 bridgehead atoms. The Bertz CT molecular complexity index is 304. The lowest BCUT2D eigenvalue weighted by Gasteiger charge is -2.10. The van der Waals surface area contributed by atoms with Crippen LogP contribution in [-0.2, 0) is 17.7 Å². The van der Waals surface area contributed by atoms with Crippen molar-refractivity contribution in [2.75, 3.05) is 19.0 Å². The summed E-state index contributed by atoms with van der Waals surface area (Å²) in [4.78, 5) is 0. The van der Waals surface area contributed by atoms with Crippen LogP contribution in [0, 0.1) is 5.92 Å². The third kappa shape index (κ3) is 3.78. The molecular formula is C10H16BrClN2O. The Kier molecular flexibility index (Phi) is 5.64. The van der Waals surface area contributed by atoms with Crippen LogP contribution >= 0.6 is 27.5 Å². The molecule has 1 atom stereocenters. The topological polar surface area (TPSA) is 27.1 Å². The van der Waals surface area contributed by atoms with E-state index in [9.17, 15) is 0 Å². The van der Waals surface area contributed by atoms with Crippen molar-refractivity contribution in [2.45, 2.75) is 19.9 Å². The van der Waals surface area contributed by atoms with Crippen LogP contribution in [0.15, 0.2) is 6.20 Å². The Morgan fingerprint density at radius 1 is 1.67 bits per heavy atom. The van der Waals surface area contributed by atoms with Gasteiger partial charge in [0.1, 0.15) is 0 Å². The fourth-order valence-electron chi connectivity index (χ4n) is 1.35. The molecule has 1 unspecified atom stereocenters. The first kappa shape index (κ1) is 13.0. The first-order valence-electron chi connectivity index (χ1n) is 4.94. The number of hydrogen-bond acceptors (Lipinski definition) is 2. The van der Waals surface area contributed by atoms with E-state index in [-0.39, 0.29) is 0 Å². The Morgan fingerprint density at radius 2 is 2.40 bits per heavy atom. The summed E-state index contributed by atoms with van der Waals surface area (Å²) in [5, 5.41) is 5.95. The highest BCUT2D eigenvalue weighted by molar-refractivity contribution is 9.09. The highest BCUT2D eigenvalue weighted by Crippen LogP contribution is 2.19. The molecule has 0 amide bonds. The van der Waals surface area contributed by atoms with Crippen molar-refractivity contribution in [3.05, 3.63) is 16.9 Å². The molecule has 3 nitrogen and oxygen atoms in total. The van der Waals surface area contributed by atoms with Crippen molar-refractivity contribution in [3.63, 3.8) is 0 Å². The summed E-state index contributed by atoms with van der Waals surface area (Å²) in [6.45, 7) is 3.60. The average molecular weight is 296 g/mol. The van der Waals surface area contributed by atoms with Crippen molar-refractivity contribution in [2.24, 2.45) is 5.92 Å². The molecule has 1 rings (SSSR count). The van der Waals surface area contributed by atoms with Crippen molar-refractivity contribution < 1.29 is 4.74 Å². The lowest BCUT2D eigenvalue weighted by atomic mass is 10.1. The van der Waals surface area contributed by atoms with E-state index in [1.165, 1.54) is 0 Å². The summed E-state index contributed by atoms with van der Waals surface area (Å²) in [6.07, 6.45) is 2.64. The molecule has 0 aromatic carbocycles. The number of ether oxygens (including phenoxy) is 1. The van der Waals surface area contributed by atoms with Crippen molar-refractivity contribution in [1.82, 2.24) is 9.78 Å². The van der Waals surface area contributed by atoms with Crippen LogP contribution in [0.25, 0.3) is 0 Å². The molecule has 1 heterocycles. The van der Waals surface area contributed by atoms with Gasteiger partial charge < -0.3 is 4.74 Å². The van der Waals surface area contributed by atoms with Crippen LogP contribution in [0.1, 0.15) is 12.6 Å². The number of aromatic nitrogens is 2. The minimum atomic E-state index is 0.556. The molecule has 1 aromatic rings. The highest BCUT2D eigenvalue weighted by Gasteiger charge is 2.12. The van der Waals surface area contributed by atoms with Gasteiger partial charge in [-0.05, 0) is 12.3 Å². The zero-order chi connectivity index (χ0) is 11.3. The molecule has 0 N–H and O–H groups in total. The lowest BCUT2D eigenvalue weighted by molar-refractivity contribution is 0.182. The molecule has 5 heteroatoms. The van der Waals surface area contributed by atoms with E-state index in [2.05, 4.69) is 28.0 Å². The number of halogens is 2. The van der Waals surface area contributed by atoms with Gasteiger partial charge in [-0.15, -0.1) is 0 Å². The van der Waals surface area contributed by atoms with Gasteiger partial charge in [0.2, 0.25) is 0 Å². The molecule has 0 radical (unpaired) electrons. The predicted molar refractivity (Wildman–Crippen MR) is 65.8 cm³/mol. The normalized spacial score (nSPS) is 13.1. The third-order valence-electron chi connectivity index (χ3n) is 2.21. The summed E-state index contributed by atoms with van der Waals surface area (Å²) in [5.41, 5.74) is 1.10. The molecule has 0 fully saturated rings. The number of hydrogen-bond donors (Lipinski definition) is 0. The fraction of sp³-hybridized carbons (Fsp3) is 0.700. The van der Waals surface area contributed by atoms with E-state index >= 15 is 0 Å². The molecule has 0 aliphatic carbocycles. The van der Waals surface area contributed by atoms with E-state index in [0.717, 1.165) is 29.0 Å². The van der Waals surface area contributed by atoms with Gasteiger partial charge in [0.05, 0.1) is 30.1 Å². The monoisotopic (exact) mass is 294 g/mol. The molecule has 1 aromatic heterocycles. The first-order valence-corrected chi connectivity index (χ1v) is 6.44. The zero-order valence-corrected chi connectivity index (χ0v) is 11.4. The summed E-state index contributed by atoms with van der Waals surface area (Å²) in [7, 11) is 1.69. The van der Waals surface area contributed by atoms with Gasteiger partial charge in [-0.1, -0.05) is 34.5 Å². The maximum atomic E-state index is 6.09. The molecule has 86 valence electrons. The van der Waals surface area contributed by atoms with E-state index in [0.29, 0.717) is 12.5 Å². The third-order valence-corrected chi connectivity index (χ3v) is 3.63. The molecular weight excluding hydrogens is 279 g/mol. The molecule has 15 heavy (non-hydrogen) atoms. The van der Waals surface area contributed by atoms with Crippen molar-refractivity contribution >= 4 is 27.5 Å². The molecule has 0 aliphatic rings. The smallest absolute Gasteiger partial charge is 0.0817 e. The van der Waals surface area contributed by atoms with Gasteiger partial charge >= 0.3 is 0 Å². The summed E-state index contributed by atoms with van der Waals surface area (Å²) in [6, 6.07) is 0. The van der Waals surface area contributed by atoms with Gasteiger partial charge in [0.25, 0.3) is 0 Å². The summed E-state index contributed by atoms with van der Waals surface area (Å²) in [5.74, 6) is 0.556. The van der Waals surface area contributed by atoms with Crippen LogP contribution in [0.4, 0.5) is 0 Å². The quantitative estimate of drug-likeness (QED) is 0.755. The fourth-order valence-corrected chi connectivity index (χ4v) is 1.79. The zero-order valence-electron chi connectivity index (χ0n) is 9.04. The van der Waals surface area contributed by atoms with E-state index in [1.807, 2.05) is 4.68 Å². The first-order chi connectivity index (χ1) is 7.19. The molecule has 0 saturated heterocycles. The van der Waals surface area contributed by atoms with E-state index < -0.39 is 0 Å². The molecule has 0 spiro atoms. The second-order valence-corrected chi connectivity index (χ2v) is 4.67. The van der Waals surface area contributed by atoms with Crippen molar-refractivity contribution in [3.8, 4) is 0 Å². The number of rotatable bonds is 6. The maximum absolute atomic E-state index is 6.09. The number of alkyl halides is 1. The van der Waals surface area contributed by atoms with E-state index in [4.69, 9.17) is 16.3 Å². The van der Waals surface area contributed by atoms with Gasteiger partial charge in [-0.2, -0.15) is 5.10 Å². The largest absolute Gasteiger partial charge is 0.383 e. The minimum Gasteiger partial charge on any atom is -0.383 e. The highest BCUT2D eigenvalue weighted by atomic mass is 79.9. The molecule has 0 aliphatic heterocycles. The van der Waals surface area contributed by atoms with Gasteiger partial charge in [-0.3, -0.25) is 4.68 Å². The Balaban J connectivity index is 2.70. The Hall–Kier alpha value is -0.0600. The van der Waals surface area contributed by atoms with Crippen LogP contribution in [0.3, 0.4) is 0 Å². The van der Waals surface area contributed by atoms with Gasteiger partial charge in [0, 0.05) is 12.4 Å².